The van der Waals surface area contributed by atoms with Crippen LogP contribution in [0.3, 0.4) is 0 Å². The average molecular weight is 199 g/mol. The number of hydrogen-bond donors (Lipinski definition) is 2. The molecule has 0 saturated carbocycles. The summed E-state index contributed by atoms with van der Waals surface area (Å²) in [7, 11) is 0. The topological polar surface area (TPSA) is 49.3 Å². The van der Waals surface area contributed by atoms with Gasteiger partial charge in [-0.15, -0.1) is 0 Å². The molecular weight excluding hydrogens is 178 g/mol. The predicted octanol–water partition coefficient (Wildman–Crippen LogP) is 2.04. The van der Waals surface area contributed by atoms with Crippen LogP contribution >= 0.6 is 0 Å². The van der Waals surface area contributed by atoms with E-state index in [2.05, 4.69) is 26.1 Å². The van der Waals surface area contributed by atoms with E-state index in [1.165, 1.54) is 18.9 Å². The highest BCUT2D eigenvalue weighted by atomic mass is 16.4. The van der Waals surface area contributed by atoms with Gasteiger partial charge >= 0.3 is 5.97 Å². The molecule has 0 bridgehead atoms. The van der Waals surface area contributed by atoms with Crippen LogP contribution in [-0.4, -0.2) is 24.2 Å². The van der Waals surface area contributed by atoms with Gasteiger partial charge in [0.25, 0.3) is 0 Å². The summed E-state index contributed by atoms with van der Waals surface area (Å²) in [6.07, 6.45) is 5.16. The van der Waals surface area contributed by atoms with E-state index in [0.29, 0.717) is 12.0 Å². The van der Waals surface area contributed by atoms with Crippen LogP contribution < -0.4 is 5.32 Å². The molecule has 82 valence electrons. The van der Waals surface area contributed by atoms with Gasteiger partial charge in [-0.2, -0.15) is 0 Å². The maximum absolute atomic E-state index is 10.1. The number of aliphatic carboxylic acids is 1. The molecule has 0 atom stereocenters. The van der Waals surface area contributed by atoms with Crippen LogP contribution in [0, 0.1) is 5.41 Å². The second-order valence-corrected chi connectivity index (χ2v) is 4.29. The summed E-state index contributed by atoms with van der Waals surface area (Å²) in [5.41, 5.74) is 0.297. The lowest BCUT2D eigenvalue weighted by Gasteiger charge is -2.23. The van der Waals surface area contributed by atoms with Gasteiger partial charge in [0.05, 0.1) is 0 Å². The summed E-state index contributed by atoms with van der Waals surface area (Å²) >= 11 is 0. The van der Waals surface area contributed by atoms with Crippen LogP contribution in [0.1, 0.15) is 33.6 Å². The second-order valence-electron chi connectivity index (χ2n) is 4.29. The zero-order valence-electron chi connectivity index (χ0n) is 9.34. The Morgan fingerprint density at radius 3 is 2.64 bits per heavy atom. The van der Waals surface area contributed by atoms with Crippen molar-refractivity contribution in [1.82, 2.24) is 5.32 Å². The van der Waals surface area contributed by atoms with Gasteiger partial charge in [0.2, 0.25) is 0 Å². The number of carbonyl (C=O) groups is 1. The Balaban J connectivity index is 3.58. The Labute approximate surface area is 86.2 Å². The minimum absolute atomic E-state index is 0.297. The zero-order chi connectivity index (χ0) is 11.0. The number of carboxylic acids is 1. The first-order valence-electron chi connectivity index (χ1n) is 5.08. The van der Waals surface area contributed by atoms with Gasteiger partial charge in [0.1, 0.15) is 0 Å². The average Bonchev–Trinajstić information content (AvgIpc) is 2.02. The third-order valence-corrected chi connectivity index (χ3v) is 2.05. The molecule has 0 spiro atoms. The monoisotopic (exact) mass is 199 g/mol. The smallest absolute Gasteiger partial charge is 0.328 e. The first kappa shape index (κ1) is 13.2. The lowest BCUT2D eigenvalue weighted by Crippen LogP contribution is -2.29. The van der Waals surface area contributed by atoms with E-state index in [9.17, 15) is 4.79 Å². The fourth-order valence-corrected chi connectivity index (χ4v) is 1.42. The van der Waals surface area contributed by atoms with Crippen molar-refractivity contribution in [3.63, 3.8) is 0 Å². The number of nitrogens with one attached hydrogen (secondary N) is 1. The predicted molar refractivity (Wildman–Crippen MR) is 58.3 cm³/mol. The Morgan fingerprint density at radius 1 is 1.50 bits per heavy atom. The molecule has 0 aliphatic rings. The highest BCUT2D eigenvalue weighted by molar-refractivity contribution is 5.79. The normalized spacial score (nSPS) is 12.2. The standard InChI is InChI=1S/C11H21NO2/c1-4-7-11(2,3)9-12-8-5-6-10(13)14/h5-6,12H,4,7-9H2,1-3H3,(H,13,14)/b6-5+. The molecule has 3 nitrogen and oxygen atoms in total. The molecule has 3 heteroatoms. The Morgan fingerprint density at radius 2 is 2.14 bits per heavy atom. The minimum Gasteiger partial charge on any atom is -0.478 e. The van der Waals surface area contributed by atoms with Crippen LogP contribution in [-0.2, 0) is 4.79 Å². The van der Waals surface area contributed by atoms with Crippen molar-refractivity contribution in [3.8, 4) is 0 Å². The summed E-state index contributed by atoms with van der Waals surface area (Å²) in [5, 5.41) is 11.6. The summed E-state index contributed by atoms with van der Waals surface area (Å²) in [6.45, 7) is 8.14. The Bertz CT molecular complexity index is 197. The molecule has 0 aromatic carbocycles. The molecule has 0 fully saturated rings. The molecule has 0 aromatic heterocycles. The maximum Gasteiger partial charge on any atom is 0.328 e. The first-order valence-corrected chi connectivity index (χ1v) is 5.08. The molecular formula is C11H21NO2. The van der Waals surface area contributed by atoms with Gasteiger partial charge in [-0.1, -0.05) is 33.3 Å². The lowest BCUT2D eigenvalue weighted by molar-refractivity contribution is -0.131. The molecule has 0 unspecified atom stereocenters. The number of carboxylic acid groups (broad SMARTS) is 1. The fourth-order valence-electron chi connectivity index (χ4n) is 1.42. The highest BCUT2D eigenvalue weighted by Gasteiger charge is 2.14. The van der Waals surface area contributed by atoms with Gasteiger partial charge in [-0.25, -0.2) is 4.79 Å². The van der Waals surface area contributed by atoms with E-state index < -0.39 is 5.97 Å². The molecule has 0 aliphatic heterocycles. The summed E-state index contributed by atoms with van der Waals surface area (Å²) < 4.78 is 0. The van der Waals surface area contributed by atoms with Crippen LogP contribution in [0.2, 0.25) is 0 Å². The van der Waals surface area contributed by atoms with Crippen molar-refractivity contribution in [2.75, 3.05) is 13.1 Å². The molecule has 14 heavy (non-hydrogen) atoms. The molecule has 0 amide bonds. The summed E-state index contributed by atoms with van der Waals surface area (Å²) in [5.74, 6) is -0.889. The van der Waals surface area contributed by atoms with Crippen LogP contribution in [0.25, 0.3) is 0 Å². The zero-order valence-corrected chi connectivity index (χ0v) is 9.34. The van der Waals surface area contributed by atoms with E-state index in [-0.39, 0.29) is 0 Å². The van der Waals surface area contributed by atoms with E-state index in [4.69, 9.17) is 5.11 Å². The number of rotatable bonds is 7. The van der Waals surface area contributed by atoms with Crippen molar-refractivity contribution < 1.29 is 9.90 Å². The summed E-state index contributed by atoms with van der Waals surface area (Å²) in [4.78, 5) is 10.1. The molecule has 0 radical (unpaired) electrons. The van der Waals surface area contributed by atoms with Gasteiger partial charge in [0.15, 0.2) is 0 Å². The lowest BCUT2D eigenvalue weighted by atomic mass is 9.88. The van der Waals surface area contributed by atoms with E-state index in [1.807, 2.05) is 0 Å². The number of hydrogen-bond acceptors (Lipinski definition) is 2. The van der Waals surface area contributed by atoms with Gasteiger partial charge in [0, 0.05) is 19.2 Å². The Kier molecular flexibility index (Phi) is 6.21. The largest absolute Gasteiger partial charge is 0.478 e. The second kappa shape index (κ2) is 6.60. The van der Waals surface area contributed by atoms with Crippen molar-refractivity contribution in [2.45, 2.75) is 33.6 Å². The van der Waals surface area contributed by atoms with Crippen LogP contribution in [0.4, 0.5) is 0 Å². The van der Waals surface area contributed by atoms with Crippen LogP contribution in [0.15, 0.2) is 12.2 Å². The molecule has 0 rings (SSSR count). The van der Waals surface area contributed by atoms with Gasteiger partial charge < -0.3 is 10.4 Å². The Hall–Kier alpha value is -0.830. The van der Waals surface area contributed by atoms with Crippen molar-refractivity contribution in [1.29, 1.82) is 0 Å². The maximum atomic E-state index is 10.1. The quantitative estimate of drug-likeness (QED) is 0.487. The van der Waals surface area contributed by atoms with Gasteiger partial charge in [-0.3, -0.25) is 0 Å². The van der Waals surface area contributed by atoms with E-state index in [0.717, 1.165) is 6.54 Å². The van der Waals surface area contributed by atoms with Crippen LogP contribution in [0.5, 0.6) is 0 Å². The SMILES string of the molecule is CCCC(C)(C)CNC/C=C/C(=O)O. The third kappa shape index (κ3) is 7.80. The molecule has 2 N–H and O–H groups in total. The van der Waals surface area contributed by atoms with Crippen molar-refractivity contribution in [2.24, 2.45) is 5.41 Å². The third-order valence-electron chi connectivity index (χ3n) is 2.05. The fraction of sp³-hybridized carbons (Fsp3) is 0.727. The molecule has 0 saturated heterocycles. The van der Waals surface area contributed by atoms with Crippen molar-refractivity contribution >= 4 is 5.97 Å². The summed E-state index contributed by atoms with van der Waals surface area (Å²) in [6, 6.07) is 0. The molecule has 0 aromatic rings. The highest BCUT2D eigenvalue weighted by Crippen LogP contribution is 2.20. The van der Waals surface area contributed by atoms with E-state index >= 15 is 0 Å². The minimum atomic E-state index is -0.889. The molecule has 0 heterocycles. The van der Waals surface area contributed by atoms with E-state index in [1.54, 1.807) is 6.08 Å². The van der Waals surface area contributed by atoms with Gasteiger partial charge in [-0.05, 0) is 11.8 Å². The first-order chi connectivity index (χ1) is 6.48. The molecule has 0 aliphatic carbocycles. The van der Waals surface area contributed by atoms with Crippen molar-refractivity contribution in [3.05, 3.63) is 12.2 Å².